The lowest BCUT2D eigenvalue weighted by Crippen LogP contribution is -2.41. The third-order valence-electron chi connectivity index (χ3n) is 2.88. The molecule has 1 atom stereocenters. The van der Waals surface area contributed by atoms with Gasteiger partial charge in [-0.1, -0.05) is 39.0 Å². The van der Waals surface area contributed by atoms with Crippen LogP contribution in [-0.4, -0.2) is 5.54 Å². The molecule has 0 bridgehead atoms. The van der Waals surface area contributed by atoms with Gasteiger partial charge in [0.15, 0.2) is 0 Å². The summed E-state index contributed by atoms with van der Waals surface area (Å²) < 4.78 is 0. The van der Waals surface area contributed by atoms with Crippen molar-refractivity contribution in [2.45, 2.75) is 32.7 Å². The predicted octanol–water partition coefficient (Wildman–Crippen LogP) is 3.43. The first kappa shape index (κ1) is 11.6. The average Bonchev–Trinajstić information content (AvgIpc) is 2.27. The number of rotatable bonds is 4. The van der Waals surface area contributed by atoms with Crippen LogP contribution in [0.4, 0.5) is 5.69 Å². The Labute approximate surface area is 91.9 Å². The van der Waals surface area contributed by atoms with E-state index in [0.29, 0.717) is 0 Å². The summed E-state index contributed by atoms with van der Waals surface area (Å²) in [5.74, 6) is 0.285. The van der Waals surface area contributed by atoms with Gasteiger partial charge < -0.3 is 5.32 Å². The Morgan fingerprint density at radius 3 is 2.33 bits per heavy atom. The van der Waals surface area contributed by atoms with Gasteiger partial charge in [0.05, 0.1) is 6.07 Å². The minimum atomic E-state index is -0.457. The van der Waals surface area contributed by atoms with Crippen LogP contribution < -0.4 is 5.32 Å². The predicted molar refractivity (Wildman–Crippen MR) is 63.5 cm³/mol. The molecule has 0 aromatic heterocycles. The van der Waals surface area contributed by atoms with Gasteiger partial charge in [-0.3, -0.25) is 0 Å². The molecular weight excluding hydrogens is 184 g/mol. The maximum atomic E-state index is 9.30. The van der Waals surface area contributed by atoms with E-state index in [9.17, 15) is 5.26 Å². The lowest BCUT2D eigenvalue weighted by Gasteiger charge is -2.31. The molecule has 2 heteroatoms. The standard InChI is InChI=1S/C13H18N2/c1-4-13(10-14,11(2)3)15-12-8-6-5-7-9-12/h5-9,11,15H,4H2,1-3H3. The molecule has 0 amide bonds. The van der Waals surface area contributed by atoms with Gasteiger partial charge in [-0.25, -0.2) is 0 Å². The maximum absolute atomic E-state index is 9.30. The Bertz CT molecular complexity index is 337. The van der Waals surface area contributed by atoms with E-state index in [0.717, 1.165) is 12.1 Å². The number of nitrogens with zero attached hydrogens (tertiary/aromatic N) is 1. The SMILES string of the molecule is CCC(C#N)(Nc1ccccc1)C(C)C. The van der Waals surface area contributed by atoms with E-state index in [1.165, 1.54) is 0 Å². The minimum absolute atomic E-state index is 0.285. The van der Waals surface area contributed by atoms with Crippen molar-refractivity contribution < 1.29 is 0 Å². The lowest BCUT2D eigenvalue weighted by atomic mass is 9.85. The molecule has 2 nitrogen and oxygen atoms in total. The first-order valence-electron chi connectivity index (χ1n) is 5.39. The Morgan fingerprint density at radius 1 is 1.33 bits per heavy atom. The van der Waals surface area contributed by atoms with Crippen molar-refractivity contribution in [3.8, 4) is 6.07 Å². The van der Waals surface area contributed by atoms with Gasteiger partial charge in [-0.2, -0.15) is 5.26 Å². The number of hydrogen-bond donors (Lipinski definition) is 1. The molecule has 1 unspecified atom stereocenters. The molecular formula is C13H18N2. The van der Waals surface area contributed by atoms with Crippen LogP contribution in [-0.2, 0) is 0 Å². The smallest absolute Gasteiger partial charge is 0.127 e. The zero-order valence-corrected chi connectivity index (χ0v) is 9.62. The highest BCUT2D eigenvalue weighted by atomic mass is 15.0. The molecule has 0 fully saturated rings. The van der Waals surface area contributed by atoms with Crippen LogP contribution in [0, 0.1) is 17.2 Å². The molecule has 0 radical (unpaired) electrons. The fourth-order valence-corrected chi connectivity index (χ4v) is 1.66. The summed E-state index contributed by atoms with van der Waals surface area (Å²) in [6.07, 6.45) is 0.802. The largest absolute Gasteiger partial charge is 0.367 e. The van der Waals surface area contributed by atoms with Gasteiger partial charge in [0.1, 0.15) is 5.54 Å². The second-order valence-electron chi connectivity index (χ2n) is 4.08. The zero-order chi connectivity index (χ0) is 11.3. The van der Waals surface area contributed by atoms with E-state index in [1.807, 2.05) is 37.3 Å². The summed E-state index contributed by atoms with van der Waals surface area (Å²) in [5.41, 5.74) is 0.552. The summed E-state index contributed by atoms with van der Waals surface area (Å²) >= 11 is 0. The summed E-state index contributed by atoms with van der Waals surface area (Å²) in [6.45, 7) is 6.18. The molecule has 1 N–H and O–H groups in total. The molecule has 0 spiro atoms. The quantitative estimate of drug-likeness (QED) is 0.812. The normalized spacial score (nSPS) is 14.3. The number of benzene rings is 1. The molecule has 15 heavy (non-hydrogen) atoms. The molecule has 1 aromatic rings. The number of anilines is 1. The van der Waals surface area contributed by atoms with Crippen molar-refractivity contribution in [2.24, 2.45) is 5.92 Å². The fourth-order valence-electron chi connectivity index (χ4n) is 1.66. The van der Waals surface area contributed by atoms with Crippen LogP contribution in [0.2, 0.25) is 0 Å². The molecule has 1 rings (SSSR count). The Hall–Kier alpha value is -1.49. The average molecular weight is 202 g/mol. The van der Waals surface area contributed by atoms with Crippen molar-refractivity contribution in [3.05, 3.63) is 30.3 Å². The van der Waals surface area contributed by atoms with Crippen molar-refractivity contribution in [3.63, 3.8) is 0 Å². The van der Waals surface area contributed by atoms with Crippen molar-refractivity contribution >= 4 is 5.69 Å². The Kier molecular flexibility index (Phi) is 3.74. The summed E-state index contributed by atoms with van der Waals surface area (Å²) in [7, 11) is 0. The van der Waals surface area contributed by atoms with Crippen LogP contribution in [0.5, 0.6) is 0 Å². The summed E-state index contributed by atoms with van der Waals surface area (Å²) in [6, 6.07) is 12.3. The molecule has 0 saturated heterocycles. The topological polar surface area (TPSA) is 35.8 Å². The molecule has 0 aliphatic heterocycles. The first-order valence-corrected chi connectivity index (χ1v) is 5.39. The summed E-state index contributed by atoms with van der Waals surface area (Å²) in [5, 5.41) is 12.6. The molecule has 0 heterocycles. The van der Waals surface area contributed by atoms with Gasteiger partial charge in [0, 0.05) is 5.69 Å². The van der Waals surface area contributed by atoms with Gasteiger partial charge in [0.2, 0.25) is 0 Å². The van der Waals surface area contributed by atoms with Crippen LogP contribution in [0.3, 0.4) is 0 Å². The molecule has 80 valence electrons. The second-order valence-corrected chi connectivity index (χ2v) is 4.08. The molecule has 1 aromatic carbocycles. The third kappa shape index (κ3) is 2.50. The van der Waals surface area contributed by atoms with Crippen molar-refractivity contribution in [2.75, 3.05) is 5.32 Å². The van der Waals surface area contributed by atoms with Crippen LogP contribution >= 0.6 is 0 Å². The second kappa shape index (κ2) is 4.84. The highest BCUT2D eigenvalue weighted by Crippen LogP contribution is 2.25. The van der Waals surface area contributed by atoms with Gasteiger partial charge in [-0.15, -0.1) is 0 Å². The van der Waals surface area contributed by atoms with Crippen LogP contribution in [0.1, 0.15) is 27.2 Å². The lowest BCUT2D eigenvalue weighted by molar-refractivity contribution is 0.416. The third-order valence-corrected chi connectivity index (χ3v) is 2.88. The van der Waals surface area contributed by atoms with Gasteiger partial charge >= 0.3 is 0 Å². The van der Waals surface area contributed by atoms with Gasteiger partial charge in [-0.05, 0) is 24.5 Å². The maximum Gasteiger partial charge on any atom is 0.127 e. The Morgan fingerprint density at radius 2 is 1.93 bits per heavy atom. The number of hydrogen-bond acceptors (Lipinski definition) is 2. The highest BCUT2D eigenvalue weighted by molar-refractivity contribution is 5.47. The van der Waals surface area contributed by atoms with E-state index >= 15 is 0 Å². The van der Waals surface area contributed by atoms with Gasteiger partial charge in [0.25, 0.3) is 0 Å². The van der Waals surface area contributed by atoms with E-state index in [-0.39, 0.29) is 5.92 Å². The number of nitriles is 1. The van der Waals surface area contributed by atoms with E-state index < -0.39 is 5.54 Å². The van der Waals surface area contributed by atoms with Crippen molar-refractivity contribution in [1.82, 2.24) is 0 Å². The van der Waals surface area contributed by atoms with E-state index in [2.05, 4.69) is 25.2 Å². The molecule has 0 aliphatic carbocycles. The molecule has 0 aliphatic rings. The number of para-hydroxylation sites is 1. The van der Waals surface area contributed by atoms with E-state index in [1.54, 1.807) is 0 Å². The van der Waals surface area contributed by atoms with Crippen LogP contribution in [0.15, 0.2) is 30.3 Å². The highest BCUT2D eigenvalue weighted by Gasteiger charge is 2.31. The monoisotopic (exact) mass is 202 g/mol. The van der Waals surface area contributed by atoms with Crippen LogP contribution in [0.25, 0.3) is 0 Å². The minimum Gasteiger partial charge on any atom is -0.367 e. The van der Waals surface area contributed by atoms with E-state index in [4.69, 9.17) is 0 Å². The first-order chi connectivity index (χ1) is 7.14. The summed E-state index contributed by atoms with van der Waals surface area (Å²) in [4.78, 5) is 0. The fraction of sp³-hybridized carbons (Fsp3) is 0.462. The Balaban J connectivity index is 2.90. The van der Waals surface area contributed by atoms with Crippen molar-refractivity contribution in [1.29, 1.82) is 5.26 Å². The number of nitrogens with one attached hydrogen (secondary N) is 1. The molecule has 0 saturated carbocycles. The zero-order valence-electron chi connectivity index (χ0n) is 9.62.